The van der Waals surface area contributed by atoms with E-state index in [1.807, 2.05) is 24.3 Å². The number of thioether (sulfide) groups is 1. The standard InChI is InChI=1S/C15H20O3S/c16-9-2-1-4-14-5-7-15(8-6-14)18-11-13-19-12-3-10-17/h5-8,16-17H,2-3,9-13H2. The van der Waals surface area contributed by atoms with Crippen LogP contribution < -0.4 is 4.74 Å². The SMILES string of the molecule is OCCC#Cc1ccc(OCCSCCCO)cc1. The van der Waals surface area contributed by atoms with Crippen molar-refractivity contribution in [3.8, 4) is 17.6 Å². The van der Waals surface area contributed by atoms with Crippen molar-refractivity contribution < 1.29 is 14.9 Å². The van der Waals surface area contributed by atoms with E-state index in [2.05, 4.69) is 11.8 Å². The minimum absolute atomic E-state index is 0.0993. The summed E-state index contributed by atoms with van der Waals surface area (Å²) in [7, 11) is 0. The summed E-state index contributed by atoms with van der Waals surface area (Å²) in [5.74, 6) is 8.59. The van der Waals surface area contributed by atoms with Crippen LogP contribution in [0.25, 0.3) is 0 Å². The highest BCUT2D eigenvalue weighted by Gasteiger charge is 1.94. The number of benzene rings is 1. The average molecular weight is 280 g/mol. The number of aliphatic hydroxyl groups excluding tert-OH is 2. The molecule has 0 spiro atoms. The van der Waals surface area contributed by atoms with Crippen LogP contribution >= 0.6 is 11.8 Å². The van der Waals surface area contributed by atoms with Crippen LogP contribution in [0.4, 0.5) is 0 Å². The average Bonchev–Trinajstić information content (AvgIpc) is 2.44. The van der Waals surface area contributed by atoms with E-state index in [-0.39, 0.29) is 13.2 Å². The van der Waals surface area contributed by atoms with Crippen molar-refractivity contribution in [1.82, 2.24) is 0 Å². The van der Waals surface area contributed by atoms with Gasteiger partial charge in [-0.05, 0) is 36.4 Å². The predicted molar refractivity (Wildman–Crippen MR) is 79.5 cm³/mol. The molecule has 0 bridgehead atoms. The van der Waals surface area contributed by atoms with Gasteiger partial charge in [0.25, 0.3) is 0 Å². The van der Waals surface area contributed by atoms with Crippen molar-refractivity contribution in [1.29, 1.82) is 0 Å². The van der Waals surface area contributed by atoms with Crippen molar-refractivity contribution >= 4 is 11.8 Å². The highest BCUT2D eigenvalue weighted by Crippen LogP contribution is 2.12. The van der Waals surface area contributed by atoms with E-state index < -0.39 is 0 Å². The molecule has 1 aromatic rings. The molecule has 104 valence electrons. The molecule has 0 heterocycles. The summed E-state index contributed by atoms with van der Waals surface area (Å²) in [5, 5.41) is 17.3. The quantitative estimate of drug-likeness (QED) is 0.564. The van der Waals surface area contributed by atoms with Gasteiger partial charge >= 0.3 is 0 Å². The molecule has 0 aliphatic rings. The van der Waals surface area contributed by atoms with Gasteiger partial charge in [-0.1, -0.05) is 11.8 Å². The van der Waals surface area contributed by atoms with Gasteiger partial charge < -0.3 is 14.9 Å². The molecule has 4 heteroatoms. The fourth-order valence-electron chi connectivity index (χ4n) is 1.34. The monoisotopic (exact) mass is 280 g/mol. The third-order valence-electron chi connectivity index (χ3n) is 2.27. The van der Waals surface area contributed by atoms with Crippen LogP contribution in [0.2, 0.25) is 0 Å². The van der Waals surface area contributed by atoms with E-state index in [1.54, 1.807) is 11.8 Å². The number of rotatable bonds is 8. The molecule has 0 aliphatic carbocycles. The molecule has 1 rings (SSSR count). The van der Waals surface area contributed by atoms with Crippen LogP contribution in [0.15, 0.2) is 24.3 Å². The molecule has 0 unspecified atom stereocenters. The van der Waals surface area contributed by atoms with Gasteiger partial charge in [0.15, 0.2) is 0 Å². The van der Waals surface area contributed by atoms with Gasteiger partial charge in [0.05, 0.1) is 13.2 Å². The highest BCUT2D eigenvalue weighted by molar-refractivity contribution is 7.99. The first-order chi connectivity index (χ1) is 9.36. The van der Waals surface area contributed by atoms with Crippen molar-refractivity contribution in [3.05, 3.63) is 29.8 Å². The Hall–Kier alpha value is -1.15. The maximum absolute atomic E-state index is 8.63. The Morgan fingerprint density at radius 1 is 1.05 bits per heavy atom. The minimum Gasteiger partial charge on any atom is -0.493 e. The summed E-state index contributed by atoms with van der Waals surface area (Å²) >= 11 is 1.78. The van der Waals surface area contributed by atoms with Gasteiger partial charge in [-0.3, -0.25) is 0 Å². The summed E-state index contributed by atoms with van der Waals surface area (Å²) in [6.45, 7) is 1.03. The van der Waals surface area contributed by atoms with Gasteiger partial charge in [-0.2, -0.15) is 11.8 Å². The number of hydrogen-bond acceptors (Lipinski definition) is 4. The van der Waals surface area contributed by atoms with Crippen LogP contribution in [-0.2, 0) is 0 Å². The first-order valence-electron chi connectivity index (χ1n) is 6.38. The van der Waals surface area contributed by atoms with Gasteiger partial charge in [0, 0.05) is 24.3 Å². The molecule has 1 aromatic carbocycles. The third-order valence-corrected chi connectivity index (χ3v) is 3.30. The molecule has 19 heavy (non-hydrogen) atoms. The number of hydrogen-bond donors (Lipinski definition) is 2. The second kappa shape index (κ2) is 10.7. The zero-order valence-electron chi connectivity index (χ0n) is 11.0. The second-order valence-corrected chi connectivity index (χ2v) is 5.06. The van der Waals surface area contributed by atoms with Crippen molar-refractivity contribution in [2.45, 2.75) is 12.8 Å². The lowest BCUT2D eigenvalue weighted by molar-refractivity contribution is 0.296. The summed E-state index contributed by atoms with van der Waals surface area (Å²) in [6, 6.07) is 7.64. The number of ether oxygens (including phenoxy) is 1. The molecule has 0 radical (unpaired) electrons. The van der Waals surface area contributed by atoms with E-state index in [4.69, 9.17) is 14.9 Å². The zero-order chi connectivity index (χ0) is 13.8. The largest absolute Gasteiger partial charge is 0.493 e. The van der Waals surface area contributed by atoms with E-state index in [9.17, 15) is 0 Å². The Balaban J connectivity index is 2.23. The summed E-state index contributed by atoms with van der Waals surface area (Å²) in [6.07, 6.45) is 1.34. The van der Waals surface area contributed by atoms with Gasteiger partial charge in [-0.25, -0.2) is 0 Å². The van der Waals surface area contributed by atoms with E-state index in [0.29, 0.717) is 13.0 Å². The van der Waals surface area contributed by atoms with Gasteiger partial charge in [0.1, 0.15) is 5.75 Å². The first kappa shape index (κ1) is 15.9. The second-order valence-electron chi connectivity index (χ2n) is 3.84. The lowest BCUT2D eigenvalue weighted by atomic mass is 10.2. The Morgan fingerprint density at radius 3 is 2.53 bits per heavy atom. The van der Waals surface area contributed by atoms with Gasteiger partial charge in [-0.15, -0.1) is 0 Å². The molecule has 0 amide bonds. The van der Waals surface area contributed by atoms with Crippen LogP contribution in [0.5, 0.6) is 5.75 Å². The zero-order valence-corrected chi connectivity index (χ0v) is 11.8. The molecule has 2 N–H and O–H groups in total. The third kappa shape index (κ3) is 7.78. The smallest absolute Gasteiger partial charge is 0.119 e. The molecule has 0 saturated heterocycles. The fraction of sp³-hybridized carbons (Fsp3) is 0.467. The Labute approximate surface area is 119 Å². The fourth-order valence-corrected chi connectivity index (χ4v) is 2.08. The van der Waals surface area contributed by atoms with E-state index >= 15 is 0 Å². The first-order valence-corrected chi connectivity index (χ1v) is 7.53. The predicted octanol–water partition coefficient (Wildman–Crippen LogP) is 1.91. The van der Waals surface area contributed by atoms with Crippen LogP contribution in [0.3, 0.4) is 0 Å². The van der Waals surface area contributed by atoms with Gasteiger partial charge in [0.2, 0.25) is 0 Å². The maximum Gasteiger partial charge on any atom is 0.119 e. The van der Waals surface area contributed by atoms with Crippen molar-refractivity contribution in [3.63, 3.8) is 0 Å². The Bertz CT molecular complexity index is 392. The van der Waals surface area contributed by atoms with E-state index in [0.717, 1.165) is 29.2 Å². The number of aliphatic hydroxyl groups is 2. The molecule has 0 aromatic heterocycles. The molecular weight excluding hydrogens is 260 g/mol. The molecule has 0 atom stereocenters. The minimum atomic E-state index is 0.0993. The van der Waals surface area contributed by atoms with E-state index in [1.165, 1.54) is 0 Å². The molecule has 0 saturated carbocycles. The summed E-state index contributed by atoms with van der Waals surface area (Å²) in [4.78, 5) is 0. The van der Waals surface area contributed by atoms with Crippen LogP contribution in [-0.4, -0.2) is 41.5 Å². The van der Waals surface area contributed by atoms with Crippen LogP contribution in [0.1, 0.15) is 18.4 Å². The van der Waals surface area contributed by atoms with Crippen molar-refractivity contribution in [2.24, 2.45) is 0 Å². The topological polar surface area (TPSA) is 49.7 Å². The summed E-state index contributed by atoms with van der Waals surface area (Å²) < 4.78 is 5.60. The molecular formula is C15H20O3S. The maximum atomic E-state index is 8.63. The van der Waals surface area contributed by atoms with Crippen LogP contribution in [0, 0.1) is 11.8 Å². The lowest BCUT2D eigenvalue weighted by Crippen LogP contribution is -2.01. The highest BCUT2D eigenvalue weighted by atomic mass is 32.2. The molecule has 0 aliphatic heterocycles. The van der Waals surface area contributed by atoms with Crippen molar-refractivity contribution in [2.75, 3.05) is 31.3 Å². The lowest BCUT2D eigenvalue weighted by Gasteiger charge is -2.05. The normalized spacial score (nSPS) is 9.79. The molecule has 0 fully saturated rings. The summed E-state index contributed by atoms with van der Waals surface area (Å²) in [5.41, 5.74) is 0.929. The Kier molecular flexibility index (Phi) is 8.99. The molecule has 3 nitrogen and oxygen atoms in total. The Morgan fingerprint density at radius 2 is 1.84 bits per heavy atom.